The van der Waals surface area contributed by atoms with Crippen molar-refractivity contribution in [3.63, 3.8) is 0 Å². The first-order chi connectivity index (χ1) is 13.6. The number of hydrogen-bond acceptors (Lipinski definition) is 6. The van der Waals surface area contributed by atoms with E-state index in [4.69, 9.17) is 0 Å². The molecule has 0 unspecified atom stereocenters. The molecule has 0 saturated carbocycles. The minimum Gasteiger partial charge on any atom is -0.326 e. The van der Waals surface area contributed by atoms with Crippen LogP contribution in [0.3, 0.4) is 0 Å². The maximum Gasteiger partial charge on any atom is 0.234 e. The maximum absolute atomic E-state index is 12.3. The number of nitrogens with one attached hydrogen (secondary N) is 2. The van der Waals surface area contributed by atoms with Crippen LogP contribution in [0.1, 0.15) is 13.3 Å². The lowest BCUT2D eigenvalue weighted by atomic mass is 10.2. The largest absolute Gasteiger partial charge is 0.326 e. The van der Waals surface area contributed by atoms with Crippen molar-refractivity contribution in [2.45, 2.75) is 18.5 Å². The van der Waals surface area contributed by atoms with Crippen LogP contribution < -0.4 is 10.6 Å². The van der Waals surface area contributed by atoms with Crippen molar-refractivity contribution in [2.75, 3.05) is 16.4 Å². The fourth-order valence-corrected chi connectivity index (χ4v) is 3.16. The van der Waals surface area contributed by atoms with Gasteiger partial charge in [0.2, 0.25) is 11.8 Å². The number of nitrogens with zero attached hydrogens (tertiary/aromatic N) is 4. The smallest absolute Gasteiger partial charge is 0.234 e. The second-order valence-corrected chi connectivity index (χ2v) is 6.86. The number of carbonyl (C=O) groups excluding carboxylic acids is 2. The lowest BCUT2D eigenvalue weighted by Gasteiger charge is -2.08. The number of hydrogen-bond donors (Lipinski definition) is 2. The van der Waals surface area contributed by atoms with Gasteiger partial charge in [0, 0.05) is 42.8 Å². The van der Waals surface area contributed by atoms with E-state index < -0.39 is 0 Å². The van der Waals surface area contributed by atoms with E-state index in [-0.39, 0.29) is 17.6 Å². The van der Waals surface area contributed by atoms with Crippen LogP contribution in [0.5, 0.6) is 0 Å². The van der Waals surface area contributed by atoms with Crippen molar-refractivity contribution in [3.05, 3.63) is 48.8 Å². The van der Waals surface area contributed by atoms with Crippen molar-refractivity contribution >= 4 is 35.0 Å². The van der Waals surface area contributed by atoms with Crippen molar-refractivity contribution in [1.29, 1.82) is 0 Å². The Bertz CT molecular complexity index is 974. The Labute approximate surface area is 166 Å². The molecule has 2 N–H and O–H groups in total. The van der Waals surface area contributed by atoms with Gasteiger partial charge in [-0.3, -0.25) is 14.6 Å². The number of thioether (sulfide) groups is 1. The summed E-state index contributed by atoms with van der Waals surface area (Å²) in [5, 5.41) is 14.6. The summed E-state index contributed by atoms with van der Waals surface area (Å²) in [6.07, 6.45) is 3.79. The van der Waals surface area contributed by atoms with E-state index in [9.17, 15) is 9.59 Å². The molecule has 0 spiro atoms. The summed E-state index contributed by atoms with van der Waals surface area (Å²) in [6, 6.07) is 10.8. The van der Waals surface area contributed by atoms with Gasteiger partial charge in [-0.2, -0.15) is 0 Å². The normalized spacial score (nSPS) is 10.5. The Balaban J connectivity index is 1.59. The molecular weight excluding hydrogens is 376 g/mol. The lowest BCUT2D eigenvalue weighted by Crippen LogP contribution is -2.15. The monoisotopic (exact) mass is 396 g/mol. The highest BCUT2D eigenvalue weighted by Crippen LogP contribution is 2.22. The summed E-state index contributed by atoms with van der Waals surface area (Å²) in [5.41, 5.74) is 2.18. The Morgan fingerprint density at radius 2 is 1.71 bits per heavy atom. The Morgan fingerprint density at radius 3 is 2.39 bits per heavy atom. The van der Waals surface area contributed by atoms with Crippen LogP contribution in [0.4, 0.5) is 11.4 Å². The number of amides is 2. The minimum absolute atomic E-state index is 0.0775. The van der Waals surface area contributed by atoms with E-state index in [2.05, 4.69) is 25.8 Å². The van der Waals surface area contributed by atoms with E-state index in [1.54, 1.807) is 43.6 Å². The van der Waals surface area contributed by atoms with Gasteiger partial charge in [0.15, 0.2) is 11.0 Å². The molecule has 0 fully saturated rings. The summed E-state index contributed by atoms with van der Waals surface area (Å²) >= 11 is 1.30. The third-order valence-corrected chi connectivity index (χ3v) is 4.88. The van der Waals surface area contributed by atoms with Gasteiger partial charge in [-0.1, -0.05) is 24.8 Å². The number of aromatic nitrogens is 4. The molecule has 2 amide bonds. The molecule has 2 aromatic heterocycles. The third-order valence-electron chi connectivity index (χ3n) is 3.86. The van der Waals surface area contributed by atoms with Gasteiger partial charge in [0.25, 0.3) is 0 Å². The number of benzene rings is 1. The molecule has 0 atom stereocenters. The van der Waals surface area contributed by atoms with Crippen LogP contribution in [-0.2, 0) is 16.6 Å². The standard InChI is InChI=1S/C19H20N6O2S/c1-3-16(26)21-14-5-4-6-15(11-14)22-17(27)12-28-19-24-23-18(25(19)2)13-7-9-20-10-8-13/h4-11H,3,12H2,1-2H3,(H,21,26)(H,22,27). The molecule has 1 aromatic carbocycles. The first-order valence-corrected chi connectivity index (χ1v) is 9.67. The van der Waals surface area contributed by atoms with Crippen LogP contribution in [0.2, 0.25) is 0 Å². The summed E-state index contributed by atoms with van der Waals surface area (Å²) in [6.45, 7) is 1.78. The van der Waals surface area contributed by atoms with Gasteiger partial charge in [0.1, 0.15) is 0 Å². The molecule has 0 aliphatic rings. The SMILES string of the molecule is CCC(=O)Nc1cccc(NC(=O)CSc2nnc(-c3ccncc3)n2C)c1. The molecule has 0 bridgehead atoms. The molecule has 0 aliphatic heterocycles. The first-order valence-electron chi connectivity index (χ1n) is 8.69. The second-order valence-electron chi connectivity index (χ2n) is 5.92. The Hall–Kier alpha value is -3.20. The zero-order valence-corrected chi connectivity index (χ0v) is 16.4. The minimum atomic E-state index is -0.169. The van der Waals surface area contributed by atoms with Gasteiger partial charge in [-0.15, -0.1) is 10.2 Å². The zero-order chi connectivity index (χ0) is 19.9. The van der Waals surface area contributed by atoms with Crippen LogP contribution in [0.25, 0.3) is 11.4 Å². The van der Waals surface area contributed by atoms with Gasteiger partial charge < -0.3 is 15.2 Å². The van der Waals surface area contributed by atoms with Gasteiger partial charge in [-0.05, 0) is 30.3 Å². The van der Waals surface area contributed by atoms with Crippen molar-refractivity contribution in [2.24, 2.45) is 7.05 Å². The second kappa shape index (κ2) is 9.14. The molecule has 2 heterocycles. The zero-order valence-electron chi connectivity index (χ0n) is 15.5. The number of rotatable bonds is 7. The van der Waals surface area contributed by atoms with E-state index in [1.807, 2.05) is 23.7 Å². The Kier molecular flexibility index (Phi) is 6.38. The molecule has 9 heteroatoms. The molecule has 8 nitrogen and oxygen atoms in total. The van der Waals surface area contributed by atoms with Gasteiger partial charge >= 0.3 is 0 Å². The molecule has 3 rings (SSSR count). The summed E-state index contributed by atoms with van der Waals surface area (Å²) in [4.78, 5) is 27.8. The predicted octanol–water partition coefficient (Wildman–Crippen LogP) is 2.96. The topological polar surface area (TPSA) is 102 Å². The molecule has 0 saturated heterocycles. The number of carbonyl (C=O) groups is 2. The first kappa shape index (κ1) is 19.6. The van der Waals surface area contributed by atoms with Crippen LogP contribution >= 0.6 is 11.8 Å². The van der Waals surface area contributed by atoms with Crippen LogP contribution in [0.15, 0.2) is 53.9 Å². The molecule has 3 aromatic rings. The fourth-order valence-electron chi connectivity index (χ4n) is 2.44. The highest BCUT2D eigenvalue weighted by molar-refractivity contribution is 7.99. The highest BCUT2D eigenvalue weighted by Gasteiger charge is 2.13. The van der Waals surface area contributed by atoms with E-state index in [1.165, 1.54) is 11.8 Å². The Morgan fingerprint density at radius 1 is 1.04 bits per heavy atom. The fraction of sp³-hybridized carbons (Fsp3) is 0.211. The average molecular weight is 396 g/mol. The maximum atomic E-state index is 12.3. The van der Waals surface area contributed by atoms with Crippen molar-refractivity contribution < 1.29 is 9.59 Å². The highest BCUT2D eigenvalue weighted by atomic mass is 32.2. The quantitative estimate of drug-likeness (QED) is 0.596. The van der Waals surface area contributed by atoms with Crippen LogP contribution in [0, 0.1) is 0 Å². The van der Waals surface area contributed by atoms with Gasteiger partial charge in [0.05, 0.1) is 5.75 Å². The van der Waals surface area contributed by atoms with E-state index in [0.717, 1.165) is 5.56 Å². The summed E-state index contributed by atoms with van der Waals surface area (Å²) < 4.78 is 1.84. The molecule has 0 aliphatic carbocycles. The van der Waals surface area contributed by atoms with Gasteiger partial charge in [-0.25, -0.2) is 0 Å². The molecule has 28 heavy (non-hydrogen) atoms. The molecular formula is C19H20N6O2S. The number of anilines is 2. The molecule has 0 radical (unpaired) electrons. The van der Waals surface area contributed by atoms with Crippen molar-refractivity contribution in [1.82, 2.24) is 19.7 Å². The lowest BCUT2D eigenvalue weighted by molar-refractivity contribution is -0.116. The van der Waals surface area contributed by atoms with E-state index in [0.29, 0.717) is 28.8 Å². The van der Waals surface area contributed by atoms with Crippen LogP contribution in [-0.4, -0.2) is 37.3 Å². The van der Waals surface area contributed by atoms with Crippen molar-refractivity contribution in [3.8, 4) is 11.4 Å². The third kappa shape index (κ3) is 4.95. The summed E-state index contributed by atoms with van der Waals surface area (Å²) in [5.74, 6) is 0.654. The predicted molar refractivity (Wildman–Crippen MR) is 109 cm³/mol. The number of pyridine rings is 1. The summed E-state index contributed by atoms with van der Waals surface area (Å²) in [7, 11) is 1.86. The average Bonchev–Trinajstić information content (AvgIpc) is 3.07. The van der Waals surface area contributed by atoms with E-state index >= 15 is 0 Å². The molecule has 144 valence electrons.